The van der Waals surface area contributed by atoms with Gasteiger partial charge < -0.3 is 25.4 Å². The number of pyridine rings is 2. The van der Waals surface area contributed by atoms with Crippen LogP contribution in [0.15, 0.2) is 47.5 Å². The highest BCUT2D eigenvalue weighted by molar-refractivity contribution is 6.00. The normalized spacial score (nSPS) is 18.1. The van der Waals surface area contributed by atoms with Gasteiger partial charge >= 0.3 is 0 Å². The summed E-state index contributed by atoms with van der Waals surface area (Å²) in [7, 11) is 3.39. The molecule has 1 fully saturated rings. The van der Waals surface area contributed by atoms with Crippen LogP contribution in [-0.2, 0) is 11.2 Å². The van der Waals surface area contributed by atoms with E-state index in [1.165, 1.54) is 10.8 Å². The van der Waals surface area contributed by atoms with Crippen molar-refractivity contribution in [3.63, 3.8) is 0 Å². The summed E-state index contributed by atoms with van der Waals surface area (Å²) in [5.74, 6) is 1.97. The molecule has 190 valence electrons. The van der Waals surface area contributed by atoms with Crippen LogP contribution in [-0.4, -0.2) is 63.0 Å². The topological polar surface area (TPSA) is 137 Å². The largest absolute Gasteiger partial charge is 0.491 e. The van der Waals surface area contributed by atoms with Gasteiger partial charge in [-0.15, -0.1) is 0 Å². The van der Waals surface area contributed by atoms with Gasteiger partial charge in [0, 0.05) is 32.8 Å². The van der Waals surface area contributed by atoms with Gasteiger partial charge in [0.15, 0.2) is 5.65 Å². The van der Waals surface area contributed by atoms with E-state index < -0.39 is 0 Å². The van der Waals surface area contributed by atoms with E-state index in [4.69, 9.17) is 9.47 Å². The average Bonchev–Trinajstić information content (AvgIpc) is 3.54. The fourth-order valence-corrected chi connectivity index (χ4v) is 4.61. The predicted octanol–water partition coefficient (Wildman–Crippen LogP) is 1.90. The zero-order valence-corrected chi connectivity index (χ0v) is 20.4. The first-order valence-electron chi connectivity index (χ1n) is 12.1. The van der Waals surface area contributed by atoms with Crippen molar-refractivity contribution < 1.29 is 14.3 Å². The van der Waals surface area contributed by atoms with E-state index in [1.54, 1.807) is 49.1 Å². The number of fused-ring (bicyclic) bond motifs is 2. The SMILES string of the molecule is CNc1cc(Nc2cccn(-c3ccc4c(n3)CCO4)c2=O)nc2c(C(=O)N[C@@H]3CC[C@H]3OC)cnn12. The molecular weight excluding hydrogens is 476 g/mol. The Balaban J connectivity index is 1.32. The molecular formula is C25H26N8O4. The number of methoxy groups -OCH3 is 1. The van der Waals surface area contributed by atoms with Gasteiger partial charge in [-0.05, 0) is 37.1 Å². The van der Waals surface area contributed by atoms with Crippen LogP contribution >= 0.6 is 0 Å². The van der Waals surface area contributed by atoms with Crippen LogP contribution in [0.5, 0.6) is 5.75 Å². The Morgan fingerprint density at radius 2 is 2.11 bits per heavy atom. The maximum atomic E-state index is 13.3. The first kappa shape index (κ1) is 23.0. The number of hydrogen-bond acceptors (Lipinski definition) is 9. The second kappa shape index (κ2) is 9.21. The summed E-state index contributed by atoms with van der Waals surface area (Å²) >= 11 is 0. The van der Waals surface area contributed by atoms with Crippen molar-refractivity contribution in [2.45, 2.75) is 31.4 Å². The molecule has 37 heavy (non-hydrogen) atoms. The Kier molecular flexibility index (Phi) is 5.72. The zero-order valence-electron chi connectivity index (χ0n) is 20.4. The number of hydrogen-bond donors (Lipinski definition) is 3. The lowest BCUT2D eigenvalue weighted by Crippen LogP contribution is -2.51. The number of nitrogens with one attached hydrogen (secondary N) is 3. The van der Waals surface area contributed by atoms with Crippen molar-refractivity contribution in [1.82, 2.24) is 29.5 Å². The van der Waals surface area contributed by atoms with Crippen LogP contribution in [0.2, 0.25) is 0 Å². The second-order valence-corrected chi connectivity index (χ2v) is 8.94. The molecule has 0 radical (unpaired) electrons. The Labute approximate surface area is 211 Å². The smallest absolute Gasteiger partial charge is 0.279 e. The minimum atomic E-state index is -0.288. The molecule has 1 aliphatic heterocycles. The van der Waals surface area contributed by atoms with Gasteiger partial charge in [-0.1, -0.05) is 0 Å². The van der Waals surface area contributed by atoms with Gasteiger partial charge in [-0.25, -0.2) is 9.97 Å². The molecule has 4 aromatic rings. The highest BCUT2D eigenvalue weighted by Gasteiger charge is 2.33. The lowest BCUT2D eigenvalue weighted by Gasteiger charge is -2.35. The first-order chi connectivity index (χ1) is 18.1. The van der Waals surface area contributed by atoms with Crippen LogP contribution in [0.1, 0.15) is 28.9 Å². The molecule has 4 aromatic heterocycles. The summed E-state index contributed by atoms with van der Waals surface area (Å²) in [5.41, 5.74) is 1.54. The van der Waals surface area contributed by atoms with Gasteiger partial charge in [0.05, 0.1) is 30.6 Å². The highest BCUT2D eigenvalue weighted by atomic mass is 16.5. The lowest BCUT2D eigenvalue weighted by atomic mass is 9.89. The lowest BCUT2D eigenvalue weighted by molar-refractivity contribution is 0.00732. The molecule has 0 bridgehead atoms. The molecule has 5 heterocycles. The molecule has 6 rings (SSSR count). The molecule has 0 spiro atoms. The van der Waals surface area contributed by atoms with Crippen molar-refractivity contribution >= 4 is 28.9 Å². The molecule has 12 heteroatoms. The molecule has 3 N–H and O–H groups in total. The van der Waals surface area contributed by atoms with Crippen molar-refractivity contribution in [1.29, 1.82) is 0 Å². The summed E-state index contributed by atoms with van der Waals surface area (Å²) < 4.78 is 13.9. The summed E-state index contributed by atoms with van der Waals surface area (Å²) in [4.78, 5) is 35.6. The van der Waals surface area contributed by atoms with Crippen molar-refractivity contribution in [2.75, 3.05) is 31.4 Å². The number of nitrogens with zero attached hydrogens (tertiary/aromatic N) is 5. The summed E-state index contributed by atoms with van der Waals surface area (Å²) in [6.07, 6.45) is 5.65. The van der Waals surface area contributed by atoms with Crippen LogP contribution in [0.25, 0.3) is 11.5 Å². The standard InChI is InChI=1S/C25H26N8O4/c1-26-22-12-20(31-23-14(13-27-33(22)23)24(34)30-15-5-6-18(15)36-2)28-17-4-3-10-32(25(17)35)21-8-7-19-16(29-21)9-11-37-19/h3-4,7-8,10,12-13,15,18,26H,5-6,9,11H2,1-2H3,(H,28,31)(H,30,34)/t15-,18-/m1/s1. The second-order valence-electron chi connectivity index (χ2n) is 8.94. The van der Waals surface area contributed by atoms with Gasteiger partial charge in [-0.3, -0.25) is 14.2 Å². The minimum absolute atomic E-state index is 0.0109. The summed E-state index contributed by atoms with van der Waals surface area (Å²) in [5, 5.41) is 13.5. The van der Waals surface area contributed by atoms with E-state index in [9.17, 15) is 9.59 Å². The van der Waals surface area contributed by atoms with Gasteiger partial charge in [0.1, 0.15) is 34.5 Å². The van der Waals surface area contributed by atoms with Crippen molar-refractivity contribution in [3.8, 4) is 11.6 Å². The zero-order chi connectivity index (χ0) is 25.5. The average molecular weight is 503 g/mol. The third kappa shape index (κ3) is 4.04. The number of carbonyl (C=O) groups is 1. The van der Waals surface area contributed by atoms with E-state index in [0.717, 1.165) is 24.3 Å². The molecule has 1 amide bonds. The molecule has 2 atom stereocenters. The number of ether oxygens (including phenoxy) is 2. The highest BCUT2D eigenvalue weighted by Crippen LogP contribution is 2.26. The molecule has 1 saturated carbocycles. The maximum absolute atomic E-state index is 13.3. The molecule has 1 aliphatic carbocycles. The van der Waals surface area contributed by atoms with E-state index in [0.29, 0.717) is 47.4 Å². The third-order valence-electron chi connectivity index (χ3n) is 6.77. The van der Waals surface area contributed by atoms with Crippen molar-refractivity contribution in [2.24, 2.45) is 0 Å². The quantitative estimate of drug-likeness (QED) is 0.346. The van der Waals surface area contributed by atoms with Crippen LogP contribution in [0, 0.1) is 0 Å². The molecule has 0 aromatic carbocycles. The molecule has 12 nitrogen and oxygen atoms in total. The molecule has 0 unspecified atom stereocenters. The minimum Gasteiger partial charge on any atom is -0.491 e. The molecule has 2 aliphatic rings. The van der Waals surface area contributed by atoms with E-state index in [2.05, 4.69) is 31.0 Å². The van der Waals surface area contributed by atoms with Gasteiger partial charge in [0.2, 0.25) is 0 Å². The number of aromatic nitrogens is 5. The Morgan fingerprint density at radius 3 is 2.89 bits per heavy atom. The predicted molar refractivity (Wildman–Crippen MR) is 136 cm³/mol. The third-order valence-corrected chi connectivity index (χ3v) is 6.77. The monoisotopic (exact) mass is 502 g/mol. The first-order valence-corrected chi connectivity index (χ1v) is 12.1. The van der Waals surface area contributed by atoms with Crippen LogP contribution < -0.4 is 26.2 Å². The van der Waals surface area contributed by atoms with Crippen LogP contribution in [0.3, 0.4) is 0 Å². The summed E-state index contributed by atoms with van der Waals surface area (Å²) in [6, 6.07) is 8.69. The number of rotatable bonds is 7. The Hall–Kier alpha value is -4.45. The van der Waals surface area contributed by atoms with E-state index >= 15 is 0 Å². The van der Waals surface area contributed by atoms with Gasteiger partial charge in [-0.2, -0.15) is 9.61 Å². The maximum Gasteiger partial charge on any atom is 0.279 e. The number of anilines is 3. The van der Waals surface area contributed by atoms with E-state index in [-0.39, 0.29) is 23.6 Å². The van der Waals surface area contributed by atoms with E-state index in [1.807, 2.05) is 6.07 Å². The fraction of sp³-hybridized carbons (Fsp3) is 0.320. The van der Waals surface area contributed by atoms with Crippen LogP contribution in [0.4, 0.5) is 17.3 Å². The Morgan fingerprint density at radius 1 is 1.22 bits per heavy atom. The van der Waals surface area contributed by atoms with Crippen molar-refractivity contribution in [3.05, 3.63) is 64.3 Å². The Bertz CT molecular complexity index is 1560. The number of carbonyl (C=O) groups excluding carboxylic acids is 1. The molecule has 0 saturated heterocycles. The number of amides is 1. The fourth-order valence-electron chi connectivity index (χ4n) is 4.61. The van der Waals surface area contributed by atoms with Gasteiger partial charge in [0.25, 0.3) is 11.5 Å². The summed E-state index contributed by atoms with van der Waals surface area (Å²) in [6.45, 7) is 0.590.